The molecule has 14 heteroatoms. The number of allylic oxidation sites excluding steroid dienone is 15. The average Bonchev–Trinajstić information content (AvgIpc) is 3.56. The molecule has 12 atom stereocenters. The summed E-state index contributed by atoms with van der Waals surface area (Å²) in [4.78, 5) is 13.3. The average molecular weight is 1160 g/mol. The molecule has 9 N–H and O–H groups in total. The smallest absolute Gasteiger partial charge is 0.220 e. The Hall–Kier alpha value is -3.09. The summed E-state index contributed by atoms with van der Waals surface area (Å²) in [5.74, 6) is -0.244. The number of carbonyl (C=O) groups excluding carboxylic acids is 1. The molecule has 0 aromatic carbocycles. The topological polar surface area (TPSA) is 228 Å². The van der Waals surface area contributed by atoms with Crippen LogP contribution in [0.4, 0.5) is 0 Å². The van der Waals surface area contributed by atoms with Crippen molar-refractivity contribution < 1.29 is 64.6 Å². The lowest BCUT2D eigenvalue weighted by molar-refractivity contribution is -0.359. The lowest BCUT2D eigenvalue weighted by atomic mass is 9.97. The van der Waals surface area contributed by atoms with Gasteiger partial charge in [-0.2, -0.15) is 0 Å². The number of hydrogen-bond donors (Lipinski definition) is 9. The Bertz CT molecular complexity index is 1740. The van der Waals surface area contributed by atoms with Gasteiger partial charge in [-0.05, 0) is 77.0 Å². The van der Waals surface area contributed by atoms with Crippen molar-refractivity contribution in [3.05, 3.63) is 97.2 Å². The molecule has 0 aliphatic carbocycles. The van der Waals surface area contributed by atoms with Crippen LogP contribution in [0.2, 0.25) is 0 Å². The molecule has 2 aliphatic rings. The second-order valence-electron chi connectivity index (χ2n) is 22.5. The summed E-state index contributed by atoms with van der Waals surface area (Å²) >= 11 is 0. The fourth-order valence-corrected chi connectivity index (χ4v) is 10.1. The minimum atomic E-state index is -1.79. The standard InChI is InChI=1S/C68H117NO13/c1-3-5-7-9-11-13-15-17-18-19-20-21-22-23-24-25-26-27-28-29-30-31-32-33-34-35-36-37-38-40-42-44-46-48-50-52-60(73)69-56(57(72)51-49-47-45-43-41-39-16-14-12-10-8-6-4-2)55-79-67-65(78)63(76)66(59(54-71)81-67)82-68-64(77)62(75)61(74)58(53-70)80-68/h5,7,11,13,17-18,20-21,23-24,26-27,29-30,49,51,56-59,61-68,70-72,74-78H,3-4,6,8-10,12,14-16,19,22,25,28,31-48,50,52-55H2,1-2H3,(H,69,73)/b7-5-,13-11-,18-17-,21-20-,24-23-,27-26-,30-29-,51-49+. The van der Waals surface area contributed by atoms with E-state index < -0.39 is 86.8 Å². The predicted octanol–water partition coefficient (Wildman–Crippen LogP) is 12.2. The Morgan fingerprint density at radius 2 is 0.841 bits per heavy atom. The lowest BCUT2D eigenvalue weighted by Gasteiger charge is -2.46. The highest BCUT2D eigenvalue weighted by atomic mass is 16.7. The lowest BCUT2D eigenvalue weighted by Crippen LogP contribution is -2.65. The summed E-state index contributed by atoms with van der Waals surface area (Å²) in [6.45, 7) is 2.67. The summed E-state index contributed by atoms with van der Waals surface area (Å²) in [5.41, 5.74) is 0. The number of aliphatic hydroxyl groups excluding tert-OH is 8. The summed E-state index contributed by atoms with van der Waals surface area (Å²) in [6.07, 6.45) is 56.0. The molecule has 0 spiro atoms. The molecular formula is C68H117NO13. The first-order chi connectivity index (χ1) is 40.1. The predicted molar refractivity (Wildman–Crippen MR) is 332 cm³/mol. The summed E-state index contributed by atoms with van der Waals surface area (Å²) in [6, 6.07) is -0.919. The Kier molecular flexibility index (Phi) is 47.8. The number of unbranched alkanes of at least 4 members (excludes halogenated alkanes) is 24. The van der Waals surface area contributed by atoms with E-state index in [9.17, 15) is 45.6 Å². The largest absolute Gasteiger partial charge is 0.394 e. The third kappa shape index (κ3) is 36.7. The van der Waals surface area contributed by atoms with Gasteiger partial charge in [-0.3, -0.25) is 4.79 Å². The van der Waals surface area contributed by atoms with Crippen LogP contribution in [0.15, 0.2) is 97.2 Å². The third-order valence-electron chi connectivity index (χ3n) is 15.3. The maximum atomic E-state index is 13.3. The molecule has 2 fully saturated rings. The van der Waals surface area contributed by atoms with Crippen LogP contribution in [0.3, 0.4) is 0 Å². The molecule has 2 saturated heterocycles. The number of ether oxygens (including phenoxy) is 4. The summed E-state index contributed by atoms with van der Waals surface area (Å²) in [7, 11) is 0. The molecule has 2 aliphatic heterocycles. The zero-order chi connectivity index (χ0) is 59.5. The first kappa shape index (κ1) is 75.0. The van der Waals surface area contributed by atoms with Crippen molar-refractivity contribution in [2.45, 2.75) is 306 Å². The van der Waals surface area contributed by atoms with Crippen molar-refractivity contribution in [2.75, 3.05) is 19.8 Å². The maximum Gasteiger partial charge on any atom is 0.220 e. The van der Waals surface area contributed by atoms with Crippen LogP contribution in [0.5, 0.6) is 0 Å². The Labute approximate surface area is 496 Å². The van der Waals surface area contributed by atoms with Gasteiger partial charge in [0, 0.05) is 6.42 Å². The number of nitrogens with one attached hydrogen (secondary N) is 1. The molecule has 12 unspecified atom stereocenters. The molecule has 0 saturated carbocycles. The zero-order valence-electron chi connectivity index (χ0n) is 50.9. The molecule has 14 nitrogen and oxygen atoms in total. The van der Waals surface area contributed by atoms with Crippen molar-refractivity contribution in [3.63, 3.8) is 0 Å². The van der Waals surface area contributed by atoms with Gasteiger partial charge >= 0.3 is 0 Å². The van der Waals surface area contributed by atoms with Crippen molar-refractivity contribution in [2.24, 2.45) is 0 Å². The van der Waals surface area contributed by atoms with E-state index in [2.05, 4.69) is 104 Å². The van der Waals surface area contributed by atoms with Gasteiger partial charge in [-0.25, -0.2) is 0 Å². The molecule has 82 heavy (non-hydrogen) atoms. The van der Waals surface area contributed by atoms with Crippen LogP contribution in [0.1, 0.15) is 232 Å². The van der Waals surface area contributed by atoms with Crippen LogP contribution < -0.4 is 5.32 Å². The Balaban J connectivity index is 1.64. The normalized spacial score (nSPS) is 24.6. The van der Waals surface area contributed by atoms with E-state index in [1.54, 1.807) is 6.08 Å². The summed E-state index contributed by atoms with van der Waals surface area (Å²) < 4.78 is 22.8. The number of carbonyl (C=O) groups is 1. The molecule has 0 radical (unpaired) electrons. The highest BCUT2D eigenvalue weighted by Gasteiger charge is 2.51. The van der Waals surface area contributed by atoms with E-state index in [0.717, 1.165) is 89.9 Å². The Morgan fingerprint density at radius 1 is 0.451 bits per heavy atom. The van der Waals surface area contributed by atoms with Crippen LogP contribution in [-0.2, 0) is 23.7 Å². The second-order valence-corrected chi connectivity index (χ2v) is 22.5. The van der Waals surface area contributed by atoms with Gasteiger partial charge in [-0.15, -0.1) is 0 Å². The highest BCUT2D eigenvalue weighted by molar-refractivity contribution is 5.76. The van der Waals surface area contributed by atoms with E-state index in [-0.39, 0.29) is 18.9 Å². The van der Waals surface area contributed by atoms with E-state index in [4.69, 9.17) is 18.9 Å². The third-order valence-corrected chi connectivity index (χ3v) is 15.3. The van der Waals surface area contributed by atoms with Crippen molar-refractivity contribution in [1.29, 1.82) is 0 Å². The van der Waals surface area contributed by atoms with Gasteiger partial charge < -0.3 is 65.1 Å². The quantitative estimate of drug-likeness (QED) is 0.0204. The number of amides is 1. The van der Waals surface area contributed by atoms with Crippen LogP contribution >= 0.6 is 0 Å². The van der Waals surface area contributed by atoms with E-state index >= 15 is 0 Å². The molecule has 472 valence electrons. The number of aliphatic hydroxyl groups is 8. The molecular weight excluding hydrogens is 1040 g/mol. The summed E-state index contributed by atoms with van der Waals surface area (Å²) in [5, 5.41) is 87.1. The molecule has 0 aromatic rings. The van der Waals surface area contributed by atoms with Crippen LogP contribution in [0, 0.1) is 0 Å². The minimum Gasteiger partial charge on any atom is -0.394 e. The van der Waals surface area contributed by atoms with E-state index in [1.165, 1.54) is 116 Å². The molecule has 2 rings (SSSR count). The zero-order valence-corrected chi connectivity index (χ0v) is 50.9. The van der Waals surface area contributed by atoms with E-state index in [1.807, 2.05) is 6.08 Å². The SMILES string of the molecule is CC/C=C\C/C=C\C/C=C\C/C=C\C/C=C\C/C=C\C/C=C\CCCCCCCCCCCCCCCC(=O)NC(COC1OC(CO)C(OC2OC(CO)C(O)C(O)C2O)C(O)C1O)C(O)/C=C/CCCCCCCCCCCCC. The van der Waals surface area contributed by atoms with Gasteiger partial charge in [0.05, 0.1) is 32.0 Å². The van der Waals surface area contributed by atoms with E-state index in [0.29, 0.717) is 6.42 Å². The van der Waals surface area contributed by atoms with Crippen molar-refractivity contribution in [3.8, 4) is 0 Å². The molecule has 1 amide bonds. The van der Waals surface area contributed by atoms with Crippen molar-refractivity contribution in [1.82, 2.24) is 5.32 Å². The first-order valence-electron chi connectivity index (χ1n) is 32.5. The van der Waals surface area contributed by atoms with Gasteiger partial charge in [0.2, 0.25) is 5.91 Å². The fourth-order valence-electron chi connectivity index (χ4n) is 10.1. The highest BCUT2D eigenvalue weighted by Crippen LogP contribution is 2.30. The first-order valence-corrected chi connectivity index (χ1v) is 32.5. The van der Waals surface area contributed by atoms with Gasteiger partial charge in [0.1, 0.15) is 48.8 Å². The van der Waals surface area contributed by atoms with Crippen molar-refractivity contribution >= 4 is 5.91 Å². The fraction of sp³-hybridized carbons (Fsp3) is 0.750. The molecule has 2 heterocycles. The molecule has 0 aromatic heterocycles. The minimum absolute atomic E-state index is 0.244. The second kappa shape index (κ2) is 52.3. The number of rotatable bonds is 51. The van der Waals surface area contributed by atoms with Gasteiger partial charge in [-0.1, -0.05) is 246 Å². The van der Waals surface area contributed by atoms with Gasteiger partial charge in [0.25, 0.3) is 0 Å². The van der Waals surface area contributed by atoms with Gasteiger partial charge in [0.15, 0.2) is 12.6 Å². The monoisotopic (exact) mass is 1160 g/mol. The Morgan fingerprint density at radius 3 is 1.29 bits per heavy atom. The molecule has 0 bridgehead atoms. The maximum absolute atomic E-state index is 13.3. The number of hydrogen-bond acceptors (Lipinski definition) is 13. The van der Waals surface area contributed by atoms with Crippen LogP contribution in [-0.4, -0.2) is 140 Å². The van der Waals surface area contributed by atoms with Crippen LogP contribution in [0.25, 0.3) is 0 Å².